The molecule has 1 rings (SSSR count). The van der Waals surface area contributed by atoms with E-state index in [-0.39, 0.29) is 6.54 Å². The van der Waals surface area contributed by atoms with E-state index in [2.05, 4.69) is 4.74 Å². The second-order valence-corrected chi connectivity index (χ2v) is 6.09. The molecule has 0 atom stereocenters. The van der Waals surface area contributed by atoms with Gasteiger partial charge in [0.25, 0.3) is 0 Å². The molecule has 1 aromatic carbocycles. The topological polar surface area (TPSA) is 63.7 Å². The molecule has 0 saturated carbocycles. The van der Waals surface area contributed by atoms with Gasteiger partial charge in [-0.15, -0.1) is 0 Å². The Balaban J connectivity index is 2.78. The zero-order chi connectivity index (χ0) is 14.5. The molecule has 0 radical (unpaired) electrons. The molecule has 0 amide bonds. The standard InChI is InChI=1S/C12H14ClNO4S/c1-14(9-12(15)18-2)19(16,17)8-7-10-3-5-11(13)6-4-10/h3-8H,9H2,1-2H3. The fourth-order valence-corrected chi connectivity index (χ4v) is 2.13. The second-order valence-electron chi connectivity index (χ2n) is 3.73. The molecule has 0 aromatic heterocycles. The summed E-state index contributed by atoms with van der Waals surface area (Å²) in [6, 6.07) is 6.70. The van der Waals surface area contributed by atoms with E-state index in [1.807, 2.05) is 0 Å². The highest BCUT2D eigenvalue weighted by Crippen LogP contribution is 2.12. The molecule has 0 unspecified atom stereocenters. The monoisotopic (exact) mass is 303 g/mol. The molecule has 104 valence electrons. The van der Waals surface area contributed by atoms with Gasteiger partial charge in [-0.1, -0.05) is 23.7 Å². The first-order valence-corrected chi connectivity index (χ1v) is 7.20. The van der Waals surface area contributed by atoms with Gasteiger partial charge in [0, 0.05) is 17.5 Å². The largest absolute Gasteiger partial charge is 0.468 e. The Labute approximate surface area is 117 Å². The Morgan fingerprint density at radius 3 is 2.47 bits per heavy atom. The molecule has 19 heavy (non-hydrogen) atoms. The van der Waals surface area contributed by atoms with Crippen molar-refractivity contribution in [2.45, 2.75) is 0 Å². The van der Waals surface area contributed by atoms with Crippen molar-refractivity contribution in [2.24, 2.45) is 0 Å². The van der Waals surface area contributed by atoms with Gasteiger partial charge in [-0.2, -0.15) is 4.31 Å². The summed E-state index contributed by atoms with van der Waals surface area (Å²) in [5, 5.41) is 1.60. The van der Waals surface area contributed by atoms with Crippen molar-refractivity contribution in [3.8, 4) is 0 Å². The lowest BCUT2D eigenvalue weighted by molar-refractivity contribution is -0.140. The summed E-state index contributed by atoms with van der Waals surface area (Å²) in [6.07, 6.45) is 1.43. The average Bonchev–Trinajstić information content (AvgIpc) is 2.38. The van der Waals surface area contributed by atoms with Gasteiger partial charge in [0.05, 0.1) is 7.11 Å². The van der Waals surface area contributed by atoms with E-state index in [1.165, 1.54) is 20.2 Å². The van der Waals surface area contributed by atoms with E-state index in [0.29, 0.717) is 10.6 Å². The molecule has 0 aliphatic carbocycles. The van der Waals surface area contributed by atoms with Crippen molar-refractivity contribution in [2.75, 3.05) is 20.7 Å². The zero-order valence-corrected chi connectivity index (χ0v) is 12.1. The quantitative estimate of drug-likeness (QED) is 0.777. The van der Waals surface area contributed by atoms with Gasteiger partial charge < -0.3 is 4.74 Å². The lowest BCUT2D eigenvalue weighted by atomic mass is 10.2. The number of hydrogen-bond donors (Lipinski definition) is 0. The van der Waals surface area contributed by atoms with Crippen LogP contribution in [-0.2, 0) is 19.6 Å². The predicted molar refractivity (Wildman–Crippen MR) is 74.1 cm³/mol. The smallest absolute Gasteiger partial charge is 0.321 e. The molecule has 1 aromatic rings. The van der Waals surface area contributed by atoms with Crippen LogP contribution in [0, 0.1) is 0 Å². The molecule has 0 fully saturated rings. The van der Waals surface area contributed by atoms with Gasteiger partial charge in [0.15, 0.2) is 0 Å². The fraction of sp³-hybridized carbons (Fsp3) is 0.250. The summed E-state index contributed by atoms with van der Waals surface area (Å²) in [7, 11) is -1.15. The number of benzene rings is 1. The summed E-state index contributed by atoms with van der Waals surface area (Å²) in [6.45, 7) is -0.330. The highest BCUT2D eigenvalue weighted by Gasteiger charge is 2.17. The van der Waals surface area contributed by atoms with Gasteiger partial charge in [-0.25, -0.2) is 8.42 Å². The molecule has 0 aliphatic heterocycles. The number of likely N-dealkylation sites (N-methyl/N-ethyl adjacent to an activating group) is 1. The van der Waals surface area contributed by atoms with E-state index >= 15 is 0 Å². The van der Waals surface area contributed by atoms with Gasteiger partial charge in [0.2, 0.25) is 10.0 Å². The van der Waals surface area contributed by atoms with Crippen molar-refractivity contribution in [3.63, 3.8) is 0 Å². The number of carbonyl (C=O) groups is 1. The molecule has 0 bridgehead atoms. The first kappa shape index (κ1) is 15.7. The second kappa shape index (κ2) is 6.70. The molecular formula is C12H14ClNO4S. The van der Waals surface area contributed by atoms with Gasteiger partial charge in [-0.3, -0.25) is 4.79 Å². The summed E-state index contributed by atoms with van der Waals surface area (Å²) in [5.41, 5.74) is 0.694. The molecule has 0 spiro atoms. The third-order valence-corrected chi connectivity index (χ3v) is 4.05. The lowest BCUT2D eigenvalue weighted by Crippen LogP contribution is -2.31. The Bertz CT molecular complexity index is 566. The van der Waals surface area contributed by atoms with Crippen LogP contribution in [0.1, 0.15) is 5.56 Å². The van der Waals surface area contributed by atoms with Crippen molar-refractivity contribution in [3.05, 3.63) is 40.3 Å². The number of carbonyl (C=O) groups excluding carboxylic acids is 1. The van der Waals surface area contributed by atoms with Crippen molar-refractivity contribution >= 4 is 33.7 Å². The van der Waals surface area contributed by atoms with Crippen LogP contribution >= 0.6 is 11.6 Å². The van der Waals surface area contributed by atoms with E-state index < -0.39 is 16.0 Å². The number of nitrogens with zero attached hydrogens (tertiary/aromatic N) is 1. The Morgan fingerprint density at radius 2 is 1.95 bits per heavy atom. The number of ether oxygens (including phenoxy) is 1. The maximum Gasteiger partial charge on any atom is 0.321 e. The first-order valence-electron chi connectivity index (χ1n) is 5.32. The molecule has 0 aliphatic rings. The first-order chi connectivity index (χ1) is 8.85. The highest BCUT2D eigenvalue weighted by atomic mass is 35.5. The SMILES string of the molecule is COC(=O)CN(C)S(=O)(=O)C=Cc1ccc(Cl)cc1. The third-order valence-electron chi connectivity index (χ3n) is 2.32. The van der Waals surface area contributed by atoms with Crippen LogP contribution in [0.25, 0.3) is 6.08 Å². The minimum absolute atomic E-state index is 0.330. The van der Waals surface area contributed by atoms with Crippen molar-refractivity contribution < 1.29 is 17.9 Å². The number of hydrogen-bond acceptors (Lipinski definition) is 4. The third kappa shape index (κ3) is 5.02. The fourth-order valence-electron chi connectivity index (χ4n) is 1.18. The lowest BCUT2D eigenvalue weighted by Gasteiger charge is -2.12. The molecule has 0 N–H and O–H groups in total. The highest BCUT2D eigenvalue weighted by molar-refractivity contribution is 7.92. The van der Waals surface area contributed by atoms with Gasteiger partial charge in [-0.05, 0) is 23.8 Å². The normalized spacial score (nSPS) is 12.0. The molecule has 5 nitrogen and oxygen atoms in total. The Morgan fingerprint density at radius 1 is 1.37 bits per heavy atom. The van der Waals surface area contributed by atoms with Crippen LogP contribution < -0.4 is 0 Å². The van der Waals surface area contributed by atoms with Crippen LogP contribution in [0.15, 0.2) is 29.7 Å². The maximum absolute atomic E-state index is 11.8. The Hall–Kier alpha value is -1.37. The van der Waals surface area contributed by atoms with Crippen molar-refractivity contribution in [1.29, 1.82) is 0 Å². The molecular weight excluding hydrogens is 290 g/mol. The van der Waals surface area contributed by atoms with Gasteiger partial charge >= 0.3 is 5.97 Å². The number of esters is 1. The number of sulfonamides is 1. The van der Waals surface area contributed by atoms with Crippen LogP contribution in [-0.4, -0.2) is 39.4 Å². The average molecular weight is 304 g/mol. The number of halogens is 1. The van der Waals surface area contributed by atoms with Crippen LogP contribution in [0.5, 0.6) is 0 Å². The van der Waals surface area contributed by atoms with Crippen molar-refractivity contribution in [1.82, 2.24) is 4.31 Å². The molecule has 0 saturated heterocycles. The van der Waals surface area contributed by atoms with E-state index in [1.54, 1.807) is 24.3 Å². The molecule has 7 heteroatoms. The zero-order valence-electron chi connectivity index (χ0n) is 10.5. The number of rotatable bonds is 5. The summed E-state index contributed by atoms with van der Waals surface area (Å²) < 4.78 is 29.0. The van der Waals surface area contributed by atoms with E-state index in [4.69, 9.17) is 11.6 Å². The van der Waals surface area contributed by atoms with Crippen LogP contribution in [0.4, 0.5) is 0 Å². The predicted octanol–water partition coefficient (Wildman–Crippen LogP) is 1.75. The summed E-state index contributed by atoms with van der Waals surface area (Å²) in [4.78, 5) is 11.0. The number of methoxy groups -OCH3 is 1. The van der Waals surface area contributed by atoms with E-state index in [0.717, 1.165) is 9.71 Å². The summed E-state index contributed by atoms with van der Waals surface area (Å²) >= 11 is 5.72. The van der Waals surface area contributed by atoms with Crippen LogP contribution in [0.3, 0.4) is 0 Å². The van der Waals surface area contributed by atoms with E-state index in [9.17, 15) is 13.2 Å². The van der Waals surface area contributed by atoms with Gasteiger partial charge in [0.1, 0.15) is 6.54 Å². The summed E-state index contributed by atoms with van der Waals surface area (Å²) in [5.74, 6) is -0.619. The molecule has 0 heterocycles. The minimum Gasteiger partial charge on any atom is -0.468 e. The maximum atomic E-state index is 11.8. The minimum atomic E-state index is -3.65. The Kier molecular flexibility index (Phi) is 5.53. The van der Waals surface area contributed by atoms with Crippen LogP contribution in [0.2, 0.25) is 5.02 Å².